The molecule has 0 aliphatic carbocycles. The van der Waals surface area contributed by atoms with Gasteiger partial charge in [0.2, 0.25) is 5.82 Å². The average molecular weight is 417 g/mol. The van der Waals surface area contributed by atoms with Crippen LogP contribution in [0.3, 0.4) is 0 Å². The quantitative estimate of drug-likeness (QED) is 0.459. The van der Waals surface area contributed by atoms with Gasteiger partial charge in [0.05, 0.1) is 5.69 Å². The molecule has 0 spiro atoms. The van der Waals surface area contributed by atoms with Crippen molar-refractivity contribution in [3.05, 3.63) is 94.3 Å². The van der Waals surface area contributed by atoms with Gasteiger partial charge in [0.15, 0.2) is 5.82 Å². The number of halogens is 1. The fourth-order valence-corrected chi connectivity index (χ4v) is 3.32. The molecule has 0 radical (unpaired) electrons. The number of hydrogen-bond donors (Lipinski definition) is 1. The molecule has 0 atom stereocenters. The lowest BCUT2D eigenvalue weighted by Gasteiger charge is -2.08. The normalized spacial score (nSPS) is 10.8. The van der Waals surface area contributed by atoms with Crippen LogP contribution in [0.4, 0.5) is 5.69 Å². The minimum Gasteiger partial charge on any atom is -0.319 e. The van der Waals surface area contributed by atoms with E-state index in [1.165, 1.54) is 0 Å². The van der Waals surface area contributed by atoms with Crippen LogP contribution >= 0.6 is 11.6 Å². The molecule has 1 N–H and O–H groups in total. The zero-order valence-corrected chi connectivity index (χ0v) is 17.7. The van der Waals surface area contributed by atoms with Gasteiger partial charge in [-0.3, -0.25) is 4.79 Å². The number of nitrogens with one attached hydrogen (secondary N) is 1. The fourth-order valence-electron chi connectivity index (χ4n) is 3.20. The zero-order chi connectivity index (χ0) is 21.3. The number of amides is 1. The molecular weight excluding hydrogens is 396 g/mol. The Morgan fingerprint density at radius 1 is 0.967 bits per heavy atom. The first-order chi connectivity index (χ1) is 14.4. The third-order valence-electron chi connectivity index (χ3n) is 5.01. The first-order valence-corrected chi connectivity index (χ1v) is 9.98. The SMILES string of the molecule is Cc1cccc(-n2nc(C(=O)Nc3cccc(C)c3C)nc2-c2ccc(Cl)cc2)c1. The molecule has 3 aromatic carbocycles. The molecule has 4 aromatic rings. The third-order valence-corrected chi connectivity index (χ3v) is 5.26. The predicted molar refractivity (Wildman–Crippen MR) is 120 cm³/mol. The molecule has 5 nitrogen and oxygen atoms in total. The molecule has 0 saturated carbocycles. The molecule has 1 aromatic heterocycles. The molecule has 0 bridgehead atoms. The van der Waals surface area contributed by atoms with Crippen molar-refractivity contribution in [2.24, 2.45) is 0 Å². The van der Waals surface area contributed by atoms with Crippen LogP contribution in [0.5, 0.6) is 0 Å². The van der Waals surface area contributed by atoms with E-state index in [0.717, 1.165) is 33.6 Å². The number of carbonyl (C=O) groups is 1. The summed E-state index contributed by atoms with van der Waals surface area (Å²) in [5.41, 5.74) is 5.61. The predicted octanol–water partition coefficient (Wildman–Crippen LogP) is 5.77. The third kappa shape index (κ3) is 3.98. The van der Waals surface area contributed by atoms with E-state index in [2.05, 4.69) is 15.4 Å². The zero-order valence-electron chi connectivity index (χ0n) is 17.0. The number of rotatable bonds is 4. The molecule has 1 amide bonds. The highest BCUT2D eigenvalue weighted by molar-refractivity contribution is 6.30. The summed E-state index contributed by atoms with van der Waals surface area (Å²) in [6.07, 6.45) is 0. The van der Waals surface area contributed by atoms with Crippen molar-refractivity contribution < 1.29 is 4.79 Å². The van der Waals surface area contributed by atoms with Gasteiger partial charge < -0.3 is 5.32 Å². The van der Waals surface area contributed by atoms with Crippen molar-refractivity contribution in [1.82, 2.24) is 14.8 Å². The van der Waals surface area contributed by atoms with Gasteiger partial charge in [0.25, 0.3) is 5.91 Å². The highest BCUT2D eigenvalue weighted by Gasteiger charge is 2.19. The van der Waals surface area contributed by atoms with Crippen LogP contribution in [0.15, 0.2) is 66.7 Å². The molecule has 0 unspecified atom stereocenters. The van der Waals surface area contributed by atoms with Crippen LogP contribution in [-0.4, -0.2) is 20.7 Å². The van der Waals surface area contributed by atoms with Crippen molar-refractivity contribution >= 4 is 23.2 Å². The van der Waals surface area contributed by atoms with Gasteiger partial charge in [0.1, 0.15) is 0 Å². The first kappa shape index (κ1) is 19.9. The maximum Gasteiger partial charge on any atom is 0.295 e. The second-order valence-electron chi connectivity index (χ2n) is 7.22. The Hall–Kier alpha value is -3.44. The highest BCUT2D eigenvalue weighted by Crippen LogP contribution is 2.24. The summed E-state index contributed by atoms with van der Waals surface area (Å²) in [5.74, 6) is 0.316. The average Bonchev–Trinajstić information content (AvgIpc) is 3.18. The highest BCUT2D eigenvalue weighted by atomic mass is 35.5. The molecule has 0 fully saturated rings. The van der Waals surface area contributed by atoms with Crippen molar-refractivity contribution in [2.75, 3.05) is 5.32 Å². The van der Waals surface area contributed by atoms with E-state index in [4.69, 9.17) is 11.6 Å². The number of anilines is 1. The van der Waals surface area contributed by atoms with Crippen LogP contribution in [0.2, 0.25) is 5.02 Å². The largest absolute Gasteiger partial charge is 0.319 e. The number of aryl methyl sites for hydroxylation is 2. The number of carbonyl (C=O) groups excluding carboxylic acids is 1. The van der Waals surface area contributed by atoms with Crippen LogP contribution in [0.1, 0.15) is 27.3 Å². The summed E-state index contributed by atoms with van der Waals surface area (Å²) in [6, 6.07) is 21.0. The smallest absolute Gasteiger partial charge is 0.295 e. The van der Waals surface area contributed by atoms with Gasteiger partial charge in [-0.25, -0.2) is 9.67 Å². The monoisotopic (exact) mass is 416 g/mol. The minimum absolute atomic E-state index is 0.0994. The summed E-state index contributed by atoms with van der Waals surface area (Å²) in [5, 5.41) is 8.09. The van der Waals surface area contributed by atoms with E-state index in [1.54, 1.807) is 16.8 Å². The summed E-state index contributed by atoms with van der Waals surface area (Å²) in [7, 11) is 0. The molecular formula is C24H21ClN4O. The van der Waals surface area contributed by atoms with E-state index in [0.29, 0.717) is 10.8 Å². The van der Waals surface area contributed by atoms with Crippen LogP contribution in [0.25, 0.3) is 17.1 Å². The Morgan fingerprint density at radius 2 is 1.70 bits per heavy atom. The standard InChI is InChI=1S/C24H21ClN4O/c1-15-6-4-8-20(14-15)29-23(18-10-12-19(25)13-11-18)27-22(28-29)24(30)26-21-9-5-7-16(2)17(21)3/h4-14H,1-3H3,(H,26,30). The lowest BCUT2D eigenvalue weighted by molar-refractivity contribution is 0.101. The lowest BCUT2D eigenvalue weighted by Crippen LogP contribution is -2.15. The molecule has 30 heavy (non-hydrogen) atoms. The second-order valence-corrected chi connectivity index (χ2v) is 7.65. The summed E-state index contributed by atoms with van der Waals surface area (Å²) in [6.45, 7) is 5.99. The molecule has 0 aliphatic heterocycles. The van der Waals surface area contributed by atoms with Gasteiger partial charge in [-0.15, -0.1) is 5.10 Å². The van der Waals surface area contributed by atoms with Crippen molar-refractivity contribution in [3.8, 4) is 17.1 Å². The van der Waals surface area contributed by atoms with Gasteiger partial charge >= 0.3 is 0 Å². The number of hydrogen-bond acceptors (Lipinski definition) is 3. The van der Waals surface area contributed by atoms with Gasteiger partial charge in [-0.2, -0.15) is 0 Å². The molecule has 4 rings (SSSR count). The van der Waals surface area contributed by atoms with E-state index in [1.807, 2.05) is 75.4 Å². The summed E-state index contributed by atoms with van der Waals surface area (Å²) < 4.78 is 1.69. The number of aromatic nitrogens is 3. The van der Waals surface area contributed by atoms with Crippen molar-refractivity contribution in [2.45, 2.75) is 20.8 Å². The van der Waals surface area contributed by atoms with E-state index >= 15 is 0 Å². The molecule has 150 valence electrons. The summed E-state index contributed by atoms with van der Waals surface area (Å²) >= 11 is 6.04. The number of benzene rings is 3. The van der Waals surface area contributed by atoms with Gasteiger partial charge in [0, 0.05) is 16.3 Å². The fraction of sp³-hybridized carbons (Fsp3) is 0.125. The maximum atomic E-state index is 13.0. The number of nitrogens with zero attached hydrogens (tertiary/aromatic N) is 3. The van der Waals surface area contributed by atoms with Crippen LogP contribution < -0.4 is 5.32 Å². The van der Waals surface area contributed by atoms with E-state index < -0.39 is 0 Å². The van der Waals surface area contributed by atoms with E-state index in [-0.39, 0.29) is 11.7 Å². The van der Waals surface area contributed by atoms with Crippen LogP contribution in [-0.2, 0) is 0 Å². The Bertz CT molecular complexity index is 1230. The van der Waals surface area contributed by atoms with E-state index in [9.17, 15) is 4.79 Å². The second kappa shape index (κ2) is 8.13. The van der Waals surface area contributed by atoms with Gasteiger partial charge in [-0.05, 0) is 79.9 Å². The Labute approximate surface area is 180 Å². The molecule has 6 heteroatoms. The Kier molecular flexibility index (Phi) is 5.38. The maximum absolute atomic E-state index is 13.0. The topological polar surface area (TPSA) is 59.8 Å². The minimum atomic E-state index is -0.356. The Balaban J connectivity index is 1.77. The molecule has 0 saturated heterocycles. The van der Waals surface area contributed by atoms with Gasteiger partial charge in [-0.1, -0.05) is 35.9 Å². The molecule has 0 aliphatic rings. The van der Waals surface area contributed by atoms with Crippen molar-refractivity contribution in [3.63, 3.8) is 0 Å². The van der Waals surface area contributed by atoms with Crippen molar-refractivity contribution in [1.29, 1.82) is 0 Å². The molecule has 1 heterocycles. The van der Waals surface area contributed by atoms with Crippen LogP contribution in [0, 0.1) is 20.8 Å². The Morgan fingerprint density at radius 3 is 2.43 bits per heavy atom. The lowest BCUT2D eigenvalue weighted by atomic mass is 10.1. The summed E-state index contributed by atoms with van der Waals surface area (Å²) in [4.78, 5) is 17.5. The first-order valence-electron chi connectivity index (χ1n) is 9.60.